The first kappa shape index (κ1) is 17.9. The molecule has 1 heterocycles. The molecule has 0 aliphatic carbocycles. The molecule has 0 fully saturated rings. The minimum absolute atomic E-state index is 0.218. The lowest BCUT2D eigenvalue weighted by Gasteiger charge is -2.09. The predicted molar refractivity (Wildman–Crippen MR) is 104 cm³/mol. The largest absolute Gasteiger partial charge is 0.497 e. The first-order valence-electron chi connectivity index (χ1n) is 7.92. The molecule has 0 atom stereocenters. The van der Waals surface area contributed by atoms with Crippen molar-refractivity contribution < 1.29 is 14.6 Å². The van der Waals surface area contributed by atoms with Crippen molar-refractivity contribution in [3.05, 3.63) is 59.5 Å². The summed E-state index contributed by atoms with van der Waals surface area (Å²) in [4.78, 5) is 4.53. The zero-order valence-corrected chi connectivity index (χ0v) is 15.3. The van der Waals surface area contributed by atoms with Crippen LogP contribution < -0.4 is 14.9 Å². The maximum Gasteiger partial charge on any atom is 0.203 e. The molecule has 3 aromatic rings. The molecule has 1 aromatic heterocycles. The Morgan fingerprint density at radius 1 is 1.12 bits per heavy atom. The van der Waals surface area contributed by atoms with E-state index in [-0.39, 0.29) is 6.61 Å². The van der Waals surface area contributed by atoms with Crippen LogP contribution in [0.3, 0.4) is 0 Å². The van der Waals surface area contributed by atoms with Crippen molar-refractivity contribution in [2.75, 3.05) is 26.3 Å². The highest BCUT2D eigenvalue weighted by atomic mass is 32.1. The predicted octanol–water partition coefficient (Wildman–Crippen LogP) is 3.64. The van der Waals surface area contributed by atoms with Gasteiger partial charge in [0.2, 0.25) is 5.13 Å². The molecule has 0 saturated carbocycles. The van der Waals surface area contributed by atoms with Crippen LogP contribution in [0.1, 0.15) is 5.56 Å². The van der Waals surface area contributed by atoms with Crippen LogP contribution in [0, 0.1) is 0 Å². The molecule has 26 heavy (non-hydrogen) atoms. The van der Waals surface area contributed by atoms with E-state index in [2.05, 4.69) is 15.5 Å². The van der Waals surface area contributed by atoms with Crippen LogP contribution in [-0.2, 0) is 0 Å². The fourth-order valence-electron chi connectivity index (χ4n) is 2.40. The first-order chi connectivity index (χ1) is 12.7. The highest BCUT2D eigenvalue weighted by Gasteiger charge is 2.10. The Morgan fingerprint density at radius 2 is 1.88 bits per heavy atom. The lowest BCUT2D eigenvalue weighted by atomic mass is 10.1. The van der Waals surface area contributed by atoms with Crippen molar-refractivity contribution >= 4 is 22.2 Å². The van der Waals surface area contributed by atoms with Gasteiger partial charge in [0.25, 0.3) is 0 Å². The number of anilines is 1. The monoisotopic (exact) mass is 369 g/mol. The Hall–Kier alpha value is -2.90. The first-order valence-corrected chi connectivity index (χ1v) is 8.80. The minimum Gasteiger partial charge on any atom is -0.497 e. The lowest BCUT2D eigenvalue weighted by Crippen LogP contribution is -2.10. The van der Waals surface area contributed by atoms with E-state index in [0.717, 1.165) is 22.6 Å². The van der Waals surface area contributed by atoms with E-state index >= 15 is 0 Å². The van der Waals surface area contributed by atoms with Crippen molar-refractivity contribution in [3.8, 4) is 22.8 Å². The minimum atomic E-state index is -0.218. The molecule has 0 amide bonds. The average Bonchev–Trinajstić information content (AvgIpc) is 3.18. The van der Waals surface area contributed by atoms with E-state index < -0.39 is 0 Å². The standard InChI is InChI=1S/C19H19N3O3S/c1-24-14-9-7-13(8-10-14)17-12-26-19(20-17)22-21-16(11-23)15-5-3-4-6-18(15)25-2/h3-10,12,23H,11H2,1-2H3,(H,20,22)/b21-16+. The number of ether oxygens (including phenoxy) is 2. The highest BCUT2D eigenvalue weighted by molar-refractivity contribution is 7.14. The number of thiazole rings is 1. The van der Waals surface area contributed by atoms with Crippen LogP contribution in [0.15, 0.2) is 59.0 Å². The number of methoxy groups -OCH3 is 2. The number of nitrogens with one attached hydrogen (secondary N) is 1. The summed E-state index contributed by atoms with van der Waals surface area (Å²) < 4.78 is 10.5. The summed E-state index contributed by atoms with van der Waals surface area (Å²) in [6.07, 6.45) is 0. The number of aliphatic hydroxyl groups is 1. The molecule has 0 radical (unpaired) electrons. The van der Waals surface area contributed by atoms with Gasteiger partial charge >= 0.3 is 0 Å². The molecule has 0 bridgehead atoms. The zero-order chi connectivity index (χ0) is 18.4. The van der Waals surface area contributed by atoms with Crippen LogP contribution in [0.4, 0.5) is 5.13 Å². The van der Waals surface area contributed by atoms with Crippen LogP contribution in [-0.4, -0.2) is 36.6 Å². The molecule has 7 heteroatoms. The molecule has 2 N–H and O–H groups in total. The number of hydrogen-bond donors (Lipinski definition) is 2. The van der Waals surface area contributed by atoms with Gasteiger partial charge in [0.1, 0.15) is 11.5 Å². The van der Waals surface area contributed by atoms with E-state index in [4.69, 9.17) is 9.47 Å². The lowest BCUT2D eigenvalue weighted by molar-refractivity contribution is 0.356. The fraction of sp³-hybridized carbons (Fsp3) is 0.158. The van der Waals surface area contributed by atoms with Gasteiger partial charge in [-0.15, -0.1) is 11.3 Å². The average molecular weight is 369 g/mol. The van der Waals surface area contributed by atoms with Gasteiger partial charge in [0, 0.05) is 16.5 Å². The molecule has 0 unspecified atom stereocenters. The SMILES string of the molecule is COc1ccc(-c2csc(N/N=C(\CO)c3ccccc3OC)n2)cc1. The van der Waals surface area contributed by atoms with Crippen LogP contribution >= 0.6 is 11.3 Å². The normalized spacial score (nSPS) is 11.3. The van der Waals surface area contributed by atoms with Crippen molar-refractivity contribution in [2.24, 2.45) is 5.10 Å². The number of aromatic nitrogens is 1. The van der Waals surface area contributed by atoms with Gasteiger partial charge in [0.05, 0.1) is 32.2 Å². The second-order valence-corrected chi connectivity index (χ2v) is 6.15. The summed E-state index contributed by atoms with van der Waals surface area (Å²) in [5, 5.41) is 16.5. The fourth-order valence-corrected chi connectivity index (χ4v) is 3.06. The van der Waals surface area contributed by atoms with E-state index in [9.17, 15) is 5.11 Å². The Kier molecular flexibility index (Phi) is 5.83. The number of para-hydroxylation sites is 1. The van der Waals surface area contributed by atoms with Crippen molar-refractivity contribution in [1.29, 1.82) is 0 Å². The zero-order valence-electron chi connectivity index (χ0n) is 14.5. The van der Waals surface area contributed by atoms with Crippen LogP contribution in [0.25, 0.3) is 11.3 Å². The summed E-state index contributed by atoms with van der Waals surface area (Å²) in [6.45, 7) is -0.218. The third kappa shape index (κ3) is 4.01. The van der Waals surface area contributed by atoms with Crippen LogP contribution in [0.2, 0.25) is 0 Å². The van der Waals surface area contributed by atoms with Gasteiger partial charge in [-0.2, -0.15) is 5.10 Å². The van der Waals surface area contributed by atoms with Gasteiger partial charge in [-0.05, 0) is 36.4 Å². The number of benzene rings is 2. The van der Waals surface area contributed by atoms with Crippen molar-refractivity contribution in [2.45, 2.75) is 0 Å². The summed E-state index contributed by atoms with van der Waals surface area (Å²) in [5.41, 5.74) is 5.96. The van der Waals surface area contributed by atoms with Gasteiger partial charge in [0.15, 0.2) is 0 Å². The molecule has 0 aliphatic heterocycles. The second kappa shape index (κ2) is 8.46. The summed E-state index contributed by atoms with van der Waals surface area (Å²) >= 11 is 1.44. The van der Waals surface area contributed by atoms with E-state index in [1.54, 1.807) is 14.2 Å². The molecule has 3 rings (SSSR count). The third-order valence-corrected chi connectivity index (χ3v) is 4.49. The van der Waals surface area contributed by atoms with Crippen LogP contribution in [0.5, 0.6) is 11.5 Å². The number of rotatable bonds is 7. The number of hydrazone groups is 1. The van der Waals surface area contributed by atoms with Crippen molar-refractivity contribution in [1.82, 2.24) is 4.98 Å². The molecular formula is C19H19N3O3S. The van der Waals surface area contributed by atoms with Gasteiger partial charge in [-0.3, -0.25) is 5.43 Å². The topological polar surface area (TPSA) is 76.0 Å². The Morgan fingerprint density at radius 3 is 2.58 bits per heavy atom. The Balaban J connectivity index is 1.78. The smallest absolute Gasteiger partial charge is 0.203 e. The maximum absolute atomic E-state index is 9.65. The molecule has 6 nitrogen and oxygen atoms in total. The molecule has 0 aliphatic rings. The Labute approximate surface area is 155 Å². The third-order valence-electron chi connectivity index (χ3n) is 3.74. The van der Waals surface area contributed by atoms with E-state index in [0.29, 0.717) is 16.6 Å². The molecular weight excluding hydrogens is 350 g/mol. The number of aliphatic hydroxyl groups excluding tert-OH is 1. The molecule has 0 saturated heterocycles. The summed E-state index contributed by atoms with van der Waals surface area (Å²) in [7, 11) is 3.22. The number of nitrogens with zero attached hydrogens (tertiary/aromatic N) is 2. The van der Waals surface area contributed by atoms with Crippen molar-refractivity contribution in [3.63, 3.8) is 0 Å². The Bertz CT molecular complexity index is 891. The van der Waals surface area contributed by atoms with E-state index in [1.807, 2.05) is 53.9 Å². The summed E-state index contributed by atoms with van der Waals surface area (Å²) in [6, 6.07) is 15.1. The maximum atomic E-state index is 9.65. The molecule has 0 spiro atoms. The molecule has 2 aromatic carbocycles. The number of hydrogen-bond acceptors (Lipinski definition) is 7. The highest BCUT2D eigenvalue weighted by Crippen LogP contribution is 2.26. The molecule has 134 valence electrons. The van der Waals surface area contributed by atoms with Gasteiger partial charge < -0.3 is 14.6 Å². The summed E-state index contributed by atoms with van der Waals surface area (Å²) in [5.74, 6) is 1.46. The quantitative estimate of drug-likeness (QED) is 0.491. The van der Waals surface area contributed by atoms with Gasteiger partial charge in [-0.1, -0.05) is 12.1 Å². The van der Waals surface area contributed by atoms with E-state index in [1.165, 1.54) is 11.3 Å². The second-order valence-electron chi connectivity index (χ2n) is 5.30. The van der Waals surface area contributed by atoms with Gasteiger partial charge in [-0.25, -0.2) is 4.98 Å².